The molecule has 6 rings (SSSR count). The molecule has 0 unspecified atom stereocenters. The van der Waals surface area contributed by atoms with Crippen molar-refractivity contribution in [2.75, 3.05) is 36.0 Å². The predicted octanol–water partition coefficient (Wildman–Crippen LogP) is 7.52. The molecule has 0 bridgehead atoms. The first-order valence-electron chi connectivity index (χ1n) is 14.8. The van der Waals surface area contributed by atoms with Gasteiger partial charge >= 0.3 is 6.18 Å². The molecule has 1 aliphatic rings. The molecule has 3 aromatic carbocycles. The van der Waals surface area contributed by atoms with E-state index in [4.69, 9.17) is 0 Å². The van der Waals surface area contributed by atoms with Crippen molar-refractivity contribution in [3.63, 3.8) is 0 Å². The van der Waals surface area contributed by atoms with E-state index in [2.05, 4.69) is 9.97 Å². The van der Waals surface area contributed by atoms with Crippen LogP contribution in [0.5, 0.6) is 0 Å². The van der Waals surface area contributed by atoms with E-state index in [1.165, 1.54) is 17.9 Å². The fourth-order valence-corrected chi connectivity index (χ4v) is 6.04. The maximum absolute atomic E-state index is 14.6. The molecule has 0 aliphatic carbocycles. The van der Waals surface area contributed by atoms with Gasteiger partial charge in [-0.05, 0) is 60.5 Å². The molecule has 0 N–H and O–H groups in total. The Morgan fingerprint density at radius 1 is 0.867 bits per heavy atom. The van der Waals surface area contributed by atoms with Crippen LogP contribution in [-0.4, -0.2) is 52.9 Å². The second-order valence-corrected chi connectivity index (χ2v) is 11.2. The van der Waals surface area contributed by atoms with Gasteiger partial charge in [0, 0.05) is 79.6 Å². The summed E-state index contributed by atoms with van der Waals surface area (Å²) in [7, 11) is 0. The van der Waals surface area contributed by atoms with Gasteiger partial charge in [0.15, 0.2) is 0 Å². The summed E-state index contributed by atoms with van der Waals surface area (Å²) in [6, 6.07) is 19.5. The number of benzene rings is 3. The topological polar surface area (TPSA) is 69.6 Å². The zero-order valence-corrected chi connectivity index (χ0v) is 25.2. The van der Waals surface area contributed by atoms with Crippen molar-refractivity contribution in [1.29, 1.82) is 0 Å². The van der Waals surface area contributed by atoms with Crippen molar-refractivity contribution in [3.05, 3.63) is 90.3 Å². The number of rotatable bonds is 5. The minimum absolute atomic E-state index is 0.0156. The van der Waals surface area contributed by atoms with Crippen LogP contribution in [0.3, 0.4) is 0 Å². The molecule has 0 spiro atoms. The average molecular weight is 612 g/mol. The SMILES string of the molecule is CCC(=O)N1CCN(c2ccc(N(C(C)=O)c3c(C)cnc4ccc(-c5cnc6ccccc6c5)cc34)cc2C(F)(F)F)CC1. The summed E-state index contributed by atoms with van der Waals surface area (Å²) in [6.45, 7) is 6.17. The van der Waals surface area contributed by atoms with Crippen LogP contribution in [0.15, 0.2) is 79.1 Å². The van der Waals surface area contributed by atoms with Crippen molar-refractivity contribution < 1.29 is 22.8 Å². The van der Waals surface area contributed by atoms with Gasteiger partial charge < -0.3 is 9.80 Å². The smallest absolute Gasteiger partial charge is 0.367 e. The second kappa shape index (κ2) is 11.8. The molecule has 230 valence electrons. The van der Waals surface area contributed by atoms with Crippen LogP contribution in [-0.2, 0) is 15.8 Å². The Bertz CT molecular complexity index is 1930. The van der Waals surface area contributed by atoms with Crippen molar-refractivity contribution in [1.82, 2.24) is 14.9 Å². The number of hydrogen-bond donors (Lipinski definition) is 0. The number of aromatic nitrogens is 2. The Morgan fingerprint density at radius 3 is 2.31 bits per heavy atom. The fourth-order valence-electron chi connectivity index (χ4n) is 6.04. The summed E-state index contributed by atoms with van der Waals surface area (Å²) in [6.07, 6.45) is -0.911. The highest BCUT2D eigenvalue weighted by Gasteiger charge is 2.37. The van der Waals surface area contributed by atoms with Crippen LogP contribution >= 0.6 is 0 Å². The summed E-state index contributed by atoms with van der Waals surface area (Å²) >= 11 is 0. The fraction of sp³-hybridized carbons (Fsp3) is 0.257. The number of piperazine rings is 1. The molecule has 5 aromatic rings. The van der Waals surface area contributed by atoms with E-state index in [1.54, 1.807) is 42.1 Å². The van der Waals surface area contributed by atoms with Crippen LogP contribution < -0.4 is 9.80 Å². The molecule has 1 saturated heterocycles. The highest BCUT2D eigenvalue weighted by Crippen LogP contribution is 2.43. The number of fused-ring (bicyclic) bond motifs is 2. The molecule has 1 fully saturated rings. The van der Waals surface area contributed by atoms with Crippen LogP contribution in [0.25, 0.3) is 32.9 Å². The lowest BCUT2D eigenvalue weighted by molar-refractivity contribution is -0.137. The van der Waals surface area contributed by atoms with Crippen molar-refractivity contribution in [2.45, 2.75) is 33.4 Å². The first-order chi connectivity index (χ1) is 21.5. The summed E-state index contributed by atoms with van der Waals surface area (Å²) < 4.78 is 43.7. The van der Waals surface area contributed by atoms with Gasteiger partial charge in [-0.1, -0.05) is 31.2 Å². The van der Waals surface area contributed by atoms with Gasteiger partial charge in [0.25, 0.3) is 0 Å². The largest absolute Gasteiger partial charge is 0.418 e. The number of carbonyl (C=O) groups is 2. The summed E-state index contributed by atoms with van der Waals surface area (Å²) in [5, 5.41) is 1.60. The van der Waals surface area contributed by atoms with Crippen molar-refractivity contribution >= 4 is 50.7 Å². The molecular weight excluding hydrogens is 579 g/mol. The molecule has 2 aromatic heterocycles. The number of alkyl halides is 3. The number of halogens is 3. The van der Waals surface area contributed by atoms with Crippen LogP contribution in [0.1, 0.15) is 31.4 Å². The van der Waals surface area contributed by atoms with Crippen molar-refractivity contribution in [3.8, 4) is 11.1 Å². The highest BCUT2D eigenvalue weighted by atomic mass is 19.4. The van der Waals surface area contributed by atoms with E-state index < -0.39 is 17.6 Å². The van der Waals surface area contributed by atoms with Gasteiger partial charge in [-0.25, -0.2) is 0 Å². The first kappa shape index (κ1) is 30.1. The minimum Gasteiger partial charge on any atom is -0.367 e. The van der Waals surface area contributed by atoms with Gasteiger partial charge in [0.05, 0.1) is 22.3 Å². The van der Waals surface area contributed by atoms with Gasteiger partial charge in [-0.3, -0.25) is 24.5 Å². The lowest BCUT2D eigenvalue weighted by atomic mass is 10.00. The molecule has 7 nitrogen and oxygen atoms in total. The third-order valence-corrected chi connectivity index (χ3v) is 8.30. The highest BCUT2D eigenvalue weighted by molar-refractivity contribution is 6.09. The third kappa shape index (κ3) is 5.80. The molecule has 0 saturated carbocycles. The zero-order valence-electron chi connectivity index (χ0n) is 25.2. The lowest BCUT2D eigenvalue weighted by Crippen LogP contribution is -2.49. The Kier molecular flexibility index (Phi) is 7.90. The third-order valence-electron chi connectivity index (χ3n) is 8.30. The van der Waals surface area contributed by atoms with Crippen LogP contribution in [0, 0.1) is 6.92 Å². The quantitative estimate of drug-likeness (QED) is 0.206. The molecule has 0 atom stereocenters. The minimum atomic E-state index is -4.67. The number of carbonyl (C=O) groups excluding carboxylic acids is 2. The van der Waals surface area contributed by atoms with Gasteiger partial charge in [0.1, 0.15) is 0 Å². The van der Waals surface area contributed by atoms with Gasteiger partial charge in [-0.15, -0.1) is 0 Å². The van der Waals surface area contributed by atoms with Gasteiger partial charge in [-0.2, -0.15) is 13.2 Å². The summed E-state index contributed by atoms with van der Waals surface area (Å²) in [5.41, 5.74) is 3.58. The Balaban J connectivity index is 1.44. The van der Waals surface area contributed by atoms with E-state index in [1.807, 2.05) is 48.5 Å². The number of hydrogen-bond acceptors (Lipinski definition) is 5. The van der Waals surface area contributed by atoms with E-state index in [9.17, 15) is 22.8 Å². The normalized spacial score (nSPS) is 13.8. The maximum Gasteiger partial charge on any atom is 0.418 e. The summed E-state index contributed by atoms with van der Waals surface area (Å²) in [4.78, 5) is 39.2. The molecule has 1 aliphatic heterocycles. The number of nitrogens with zero attached hydrogens (tertiary/aromatic N) is 5. The number of pyridine rings is 2. The molecule has 0 radical (unpaired) electrons. The predicted molar refractivity (Wildman–Crippen MR) is 171 cm³/mol. The molecule has 45 heavy (non-hydrogen) atoms. The number of anilines is 3. The van der Waals surface area contributed by atoms with Crippen molar-refractivity contribution in [2.24, 2.45) is 0 Å². The second-order valence-electron chi connectivity index (χ2n) is 11.2. The average Bonchev–Trinajstić information content (AvgIpc) is 3.04. The Hall–Kier alpha value is -4.99. The molecule has 2 amide bonds. The van der Waals surface area contributed by atoms with E-state index in [-0.39, 0.29) is 30.4 Å². The monoisotopic (exact) mass is 611 g/mol. The lowest BCUT2D eigenvalue weighted by Gasteiger charge is -2.37. The number of aryl methyl sites for hydroxylation is 1. The first-order valence-corrected chi connectivity index (χ1v) is 14.8. The Morgan fingerprint density at radius 2 is 1.60 bits per heavy atom. The van der Waals surface area contributed by atoms with Crippen LogP contribution in [0.2, 0.25) is 0 Å². The van der Waals surface area contributed by atoms with Crippen LogP contribution in [0.4, 0.5) is 30.2 Å². The molecule has 3 heterocycles. The Labute approximate surface area is 258 Å². The standard InChI is InChI=1S/C35H32F3N5O2/c1-4-33(45)42-15-13-41(14-16-42)32-12-10-27(19-29(32)35(36,37)38)43(23(3)44)34-22(2)20-39-31-11-9-24(18-28(31)34)26-17-25-7-5-6-8-30(25)40-21-26/h5-12,17-21H,4,13-16H2,1-3H3. The molecule has 10 heteroatoms. The zero-order chi connectivity index (χ0) is 31.9. The van der Waals surface area contributed by atoms with E-state index in [0.717, 1.165) is 28.1 Å². The van der Waals surface area contributed by atoms with E-state index in [0.29, 0.717) is 41.7 Å². The molecular formula is C35H32F3N5O2. The van der Waals surface area contributed by atoms with Gasteiger partial charge in [0.2, 0.25) is 11.8 Å². The van der Waals surface area contributed by atoms with E-state index >= 15 is 0 Å². The number of para-hydroxylation sites is 1. The maximum atomic E-state index is 14.6. The number of amides is 2. The summed E-state index contributed by atoms with van der Waals surface area (Å²) in [5.74, 6) is -0.450.